The van der Waals surface area contributed by atoms with E-state index in [4.69, 9.17) is 11.6 Å². The number of nitrogens with one attached hydrogen (secondary N) is 1. The normalized spacial score (nSPS) is 19.6. The van der Waals surface area contributed by atoms with Crippen LogP contribution in [0.2, 0.25) is 5.02 Å². The van der Waals surface area contributed by atoms with Crippen molar-refractivity contribution >= 4 is 17.5 Å². The predicted octanol–water partition coefficient (Wildman–Crippen LogP) is 3.21. The molecule has 0 saturated carbocycles. The molecule has 26 heavy (non-hydrogen) atoms. The highest BCUT2D eigenvalue weighted by molar-refractivity contribution is 6.31. The van der Waals surface area contributed by atoms with Gasteiger partial charge >= 0.3 is 0 Å². The lowest BCUT2D eigenvalue weighted by Crippen LogP contribution is -2.57. The minimum Gasteiger partial charge on any atom is -0.348 e. The van der Waals surface area contributed by atoms with Crippen LogP contribution < -0.4 is 0 Å². The summed E-state index contributed by atoms with van der Waals surface area (Å²) in [5.41, 5.74) is 2.54. The summed E-state index contributed by atoms with van der Waals surface area (Å²) in [6.45, 7) is 5.37. The van der Waals surface area contributed by atoms with E-state index in [0.29, 0.717) is 18.7 Å². The largest absolute Gasteiger partial charge is 0.348 e. The van der Waals surface area contributed by atoms with Gasteiger partial charge in [0.2, 0.25) is 0 Å². The number of likely N-dealkylation sites (tertiary alicyclic amines) is 1. The maximum atomic E-state index is 13.6. The molecule has 0 atom stereocenters. The van der Waals surface area contributed by atoms with Crippen molar-refractivity contribution in [2.75, 3.05) is 26.2 Å². The number of carbonyl (C=O) groups excluding carboxylic acids is 1. The Kier molecular flexibility index (Phi) is 4.49. The number of rotatable bonds is 2. The highest BCUT2D eigenvalue weighted by Gasteiger charge is 2.46. The Hall–Kier alpha value is -1.92. The van der Waals surface area contributed by atoms with Gasteiger partial charge in [-0.25, -0.2) is 9.37 Å². The number of benzene rings is 1. The van der Waals surface area contributed by atoms with Crippen molar-refractivity contribution in [2.45, 2.75) is 31.7 Å². The number of aromatic nitrogens is 2. The summed E-state index contributed by atoms with van der Waals surface area (Å²) >= 11 is 5.90. The van der Waals surface area contributed by atoms with Crippen LogP contribution in [0.25, 0.3) is 0 Å². The summed E-state index contributed by atoms with van der Waals surface area (Å²) in [5.74, 6) is -0.651. The van der Waals surface area contributed by atoms with Crippen LogP contribution in [0.3, 0.4) is 0 Å². The summed E-state index contributed by atoms with van der Waals surface area (Å²) in [7, 11) is 0. The maximum absolute atomic E-state index is 13.6. The van der Waals surface area contributed by atoms with Gasteiger partial charge < -0.3 is 9.88 Å². The fraction of sp³-hybridized carbons (Fsp3) is 0.474. The molecule has 1 aromatic carbocycles. The Bertz CT molecular complexity index is 808. The first-order chi connectivity index (χ1) is 12.5. The first-order valence-electron chi connectivity index (χ1n) is 9.06. The lowest BCUT2D eigenvalue weighted by Gasteiger charge is -2.50. The lowest BCUT2D eigenvalue weighted by molar-refractivity contribution is 0.0102. The minimum atomic E-state index is -0.486. The van der Waals surface area contributed by atoms with Crippen LogP contribution in [0.5, 0.6) is 0 Å². The molecule has 1 amide bonds. The summed E-state index contributed by atoms with van der Waals surface area (Å²) in [6.07, 6.45) is 4.41. The van der Waals surface area contributed by atoms with E-state index in [9.17, 15) is 9.18 Å². The smallest absolute Gasteiger partial charge is 0.254 e. The van der Waals surface area contributed by atoms with E-state index in [2.05, 4.69) is 21.8 Å². The Morgan fingerprint density at radius 1 is 1.31 bits per heavy atom. The average molecular weight is 377 g/mol. The van der Waals surface area contributed by atoms with Gasteiger partial charge in [0.1, 0.15) is 5.82 Å². The van der Waals surface area contributed by atoms with E-state index in [-0.39, 0.29) is 16.5 Å². The first-order valence-corrected chi connectivity index (χ1v) is 9.44. The van der Waals surface area contributed by atoms with Gasteiger partial charge in [0.15, 0.2) is 0 Å². The number of likely N-dealkylation sites (N-methyl/N-ethyl adjacent to an activating group) is 1. The second-order valence-corrected chi connectivity index (χ2v) is 7.48. The number of hydrogen-bond acceptors (Lipinski definition) is 3. The number of halogens is 2. The van der Waals surface area contributed by atoms with E-state index in [1.807, 2.05) is 0 Å². The Morgan fingerprint density at radius 3 is 2.77 bits per heavy atom. The Labute approximate surface area is 157 Å². The van der Waals surface area contributed by atoms with Crippen LogP contribution in [-0.4, -0.2) is 51.9 Å². The van der Waals surface area contributed by atoms with Crippen LogP contribution in [-0.2, 0) is 12.0 Å². The molecule has 138 valence electrons. The van der Waals surface area contributed by atoms with Crippen molar-refractivity contribution in [3.05, 3.63) is 52.3 Å². The van der Waals surface area contributed by atoms with E-state index in [1.54, 1.807) is 11.2 Å². The number of nitrogens with zero attached hydrogens (tertiary/aromatic N) is 3. The molecule has 5 nitrogen and oxygen atoms in total. The van der Waals surface area contributed by atoms with E-state index >= 15 is 0 Å². The van der Waals surface area contributed by atoms with E-state index < -0.39 is 5.82 Å². The molecule has 1 aromatic heterocycles. The topological polar surface area (TPSA) is 52.2 Å². The van der Waals surface area contributed by atoms with Crippen LogP contribution in [0, 0.1) is 5.82 Å². The Morgan fingerprint density at radius 2 is 2.08 bits per heavy atom. The van der Waals surface area contributed by atoms with Crippen LogP contribution in [0.15, 0.2) is 24.5 Å². The van der Waals surface area contributed by atoms with E-state index in [1.165, 1.54) is 23.9 Å². The predicted molar refractivity (Wildman–Crippen MR) is 97.8 cm³/mol. The van der Waals surface area contributed by atoms with Gasteiger partial charge in [0.25, 0.3) is 5.91 Å². The molecule has 1 spiro atoms. The summed E-state index contributed by atoms with van der Waals surface area (Å²) in [4.78, 5) is 25.0. The van der Waals surface area contributed by atoms with Crippen molar-refractivity contribution in [1.29, 1.82) is 0 Å². The van der Waals surface area contributed by atoms with Gasteiger partial charge in [-0.3, -0.25) is 9.69 Å². The highest BCUT2D eigenvalue weighted by Crippen LogP contribution is 2.42. The van der Waals surface area contributed by atoms with Crippen molar-refractivity contribution in [1.82, 2.24) is 19.8 Å². The minimum absolute atomic E-state index is 0.112. The molecule has 7 heteroatoms. The molecule has 2 aliphatic heterocycles. The number of piperidine rings is 1. The third-order valence-corrected chi connectivity index (χ3v) is 5.98. The van der Waals surface area contributed by atoms with Crippen LogP contribution in [0.1, 0.15) is 41.5 Å². The van der Waals surface area contributed by atoms with Crippen LogP contribution >= 0.6 is 11.6 Å². The first kappa shape index (κ1) is 17.5. The molecule has 3 heterocycles. The summed E-state index contributed by atoms with van der Waals surface area (Å²) in [5, 5.41) is 0.243. The van der Waals surface area contributed by atoms with Gasteiger partial charge in [0.05, 0.1) is 17.6 Å². The van der Waals surface area contributed by atoms with Crippen LogP contribution in [0.4, 0.5) is 4.39 Å². The second kappa shape index (κ2) is 6.67. The molecule has 0 bridgehead atoms. The molecule has 2 aromatic rings. The second-order valence-electron chi connectivity index (χ2n) is 7.04. The lowest BCUT2D eigenvalue weighted by atomic mass is 9.78. The molecule has 4 rings (SSSR count). The number of hydrogen-bond donors (Lipinski definition) is 1. The summed E-state index contributed by atoms with van der Waals surface area (Å²) < 4.78 is 13.6. The SMILES string of the molecule is CCN1CCc2[nH]cnc2C12CCN(C(=O)c1cc(F)cc(Cl)c1)CC2. The number of imidazole rings is 1. The van der Waals surface area contributed by atoms with Gasteiger partial charge in [0, 0.05) is 42.3 Å². The highest BCUT2D eigenvalue weighted by atomic mass is 35.5. The van der Waals surface area contributed by atoms with Crippen molar-refractivity contribution < 1.29 is 9.18 Å². The maximum Gasteiger partial charge on any atom is 0.254 e. The zero-order valence-electron chi connectivity index (χ0n) is 14.8. The standard InChI is InChI=1S/C19H22ClFN4O/c1-2-25-6-3-16-17(23-12-22-16)19(25)4-7-24(8-5-19)18(26)13-9-14(20)11-15(21)10-13/h9-12H,2-8H2,1H3,(H,22,23). The molecular formula is C19H22ClFN4O. The zero-order chi connectivity index (χ0) is 18.3. The quantitative estimate of drug-likeness (QED) is 0.875. The summed E-state index contributed by atoms with van der Waals surface area (Å²) in [6, 6.07) is 4.00. The van der Waals surface area contributed by atoms with Crippen molar-refractivity contribution in [2.24, 2.45) is 0 Å². The number of amides is 1. The zero-order valence-corrected chi connectivity index (χ0v) is 15.5. The van der Waals surface area contributed by atoms with Gasteiger partial charge in [-0.1, -0.05) is 18.5 Å². The van der Waals surface area contributed by atoms with E-state index in [0.717, 1.165) is 38.0 Å². The number of aromatic amines is 1. The Balaban J connectivity index is 1.56. The molecule has 1 N–H and O–H groups in total. The number of H-pyrrole nitrogens is 1. The third-order valence-electron chi connectivity index (χ3n) is 5.77. The van der Waals surface area contributed by atoms with Crippen molar-refractivity contribution in [3.8, 4) is 0 Å². The van der Waals surface area contributed by atoms with Gasteiger partial charge in [-0.2, -0.15) is 0 Å². The van der Waals surface area contributed by atoms with Gasteiger partial charge in [-0.15, -0.1) is 0 Å². The molecule has 2 aliphatic rings. The fourth-order valence-corrected chi connectivity index (χ4v) is 4.70. The monoisotopic (exact) mass is 376 g/mol. The van der Waals surface area contributed by atoms with Gasteiger partial charge in [-0.05, 0) is 37.6 Å². The molecule has 0 radical (unpaired) electrons. The molecule has 0 aliphatic carbocycles. The molecule has 1 fully saturated rings. The average Bonchev–Trinajstić information content (AvgIpc) is 3.11. The molecular weight excluding hydrogens is 355 g/mol. The molecule has 1 saturated heterocycles. The fourth-order valence-electron chi connectivity index (χ4n) is 4.48. The van der Waals surface area contributed by atoms with Crippen molar-refractivity contribution in [3.63, 3.8) is 0 Å². The third kappa shape index (κ3) is 2.81. The molecule has 0 unspecified atom stereocenters. The number of carbonyl (C=O) groups is 1. The number of fused-ring (bicyclic) bond motifs is 2.